The van der Waals surface area contributed by atoms with Crippen LogP contribution in [0.3, 0.4) is 0 Å². The summed E-state index contributed by atoms with van der Waals surface area (Å²) in [5.41, 5.74) is 0.366. The van der Waals surface area contributed by atoms with Gasteiger partial charge in [-0.05, 0) is 44.4 Å². The molecule has 21 heavy (non-hydrogen) atoms. The molecular weight excluding hydrogens is 271 g/mol. The second-order valence-electron chi connectivity index (χ2n) is 5.89. The van der Waals surface area contributed by atoms with E-state index in [-0.39, 0.29) is 23.9 Å². The van der Waals surface area contributed by atoms with Crippen LogP contribution in [0.4, 0.5) is 10.1 Å². The average Bonchev–Trinajstić information content (AvgIpc) is 2.48. The second-order valence-corrected chi connectivity index (χ2v) is 5.89. The highest BCUT2D eigenvalue weighted by Gasteiger charge is 2.36. The lowest BCUT2D eigenvalue weighted by Gasteiger charge is -2.41. The number of carbonyl (C=O) groups is 1. The first-order valence-electron chi connectivity index (χ1n) is 7.65. The minimum Gasteiger partial charge on any atom is -0.392 e. The highest BCUT2D eigenvalue weighted by atomic mass is 19.1. The molecule has 5 heteroatoms. The van der Waals surface area contributed by atoms with Gasteiger partial charge in [-0.1, -0.05) is 12.1 Å². The van der Waals surface area contributed by atoms with E-state index in [1.807, 2.05) is 0 Å². The molecule has 1 amide bonds. The topological polar surface area (TPSA) is 43.8 Å². The number of aliphatic hydroxyl groups excluding tert-OH is 1. The summed E-state index contributed by atoms with van der Waals surface area (Å²) < 4.78 is 13.9. The Morgan fingerprint density at radius 3 is 2.67 bits per heavy atom. The number of piperidine rings is 2. The number of carbonyl (C=O) groups excluding carboxylic acids is 1. The maximum Gasteiger partial charge on any atom is 0.244 e. The molecule has 0 bridgehead atoms. The molecule has 0 radical (unpaired) electrons. The summed E-state index contributed by atoms with van der Waals surface area (Å²) in [6.07, 6.45) is 3.00. The molecule has 1 aromatic rings. The van der Waals surface area contributed by atoms with Crippen LogP contribution < -0.4 is 4.90 Å². The zero-order chi connectivity index (χ0) is 14.8. The van der Waals surface area contributed by atoms with Gasteiger partial charge in [-0.15, -0.1) is 0 Å². The third-order valence-corrected chi connectivity index (χ3v) is 4.42. The maximum absolute atomic E-state index is 13.9. The number of benzene rings is 1. The van der Waals surface area contributed by atoms with Crippen molar-refractivity contribution in [1.29, 1.82) is 0 Å². The number of amides is 1. The molecule has 0 spiro atoms. The molecule has 0 aromatic heterocycles. The third kappa shape index (κ3) is 2.94. The van der Waals surface area contributed by atoms with Crippen molar-refractivity contribution in [2.24, 2.45) is 0 Å². The summed E-state index contributed by atoms with van der Waals surface area (Å²) in [5, 5.41) is 9.80. The Morgan fingerprint density at radius 1 is 1.14 bits per heavy atom. The summed E-state index contributed by atoms with van der Waals surface area (Å²) >= 11 is 0. The number of aliphatic hydroxyl groups is 1. The van der Waals surface area contributed by atoms with Crippen molar-refractivity contribution < 1.29 is 14.3 Å². The third-order valence-electron chi connectivity index (χ3n) is 4.42. The van der Waals surface area contributed by atoms with Crippen molar-refractivity contribution in [3.05, 3.63) is 30.1 Å². The summed E-state index contributed by atoms with van der Waals surface area (Å²) in [6.45, 7) is 1.94. The van der Waals surface area contributed by atoms with Gasteiger partial charge in [-0.25, -0.2) is 4.39 Å². The lowest BCUT2D eigenvalue weighted by atomic mass is 9.98. The number of hydrogen-bond acceptors (Lipinski definition) is 3. The van der Waals surface area contributed by atoms with E-state index in [1.165, 1.54) is 6.07 Å². The van der Waals surface area contributed by atoms with Crippen LogP contribution >= 0.6 is 0 Å². The number of hydrogen-bond donors (Lipinski definition) is 1. The molecule has 2 atom stereocenters. The quantitative estimate of drug-likeness (QED) is 0.903. The summed E-state index contributed by atoms with van der Waals surface area (Å²) in [6, 6.07) is 6.19. The molecule has 2 fully saturated rings. The molecule has 0 saturated carbocycles. The van der Waals surface area contributed by atoms with Crippen LogP contribution in [0.5, 0.6) is 0 Å². The first-order valence-corrected chi connectivity index (χ1v) is 7.65. The van der Waals surface area contributed by atoms with Crippen molar-refractivity contribution in [2.75, 3.05) is 24.5 Å². The monoisotopic (exact) mass is 292 g/mol. The van der Waals surface area contributed by atoms with Gasteiger partial charge in [0, 0.05) is 13.1 Å². The van der Waals surface area contributed by atoms with Gasteiger partial charge in [0.25, 0.3) is 0 Å². The fourth-order valence-corrected chi connectivity index (χ4v) is 3.37. The van der Waals surface area contributed by atoms with E-state index in [4.69, 9.17) is 0 Å². The standard InChI is InChI=1S/C16H21FN2O2/c17-13-6-1-2-7-14(13)19-10-4-8-15(16(19)21)18-9-3-5-12(20)11-18/h1-2,6-7,12,15,20H,3-5,8-11H2. The smallest absolute Gasteiger partial charge is 0.244 e. The predicted molar refractivity (Wildman–Crippen MR) is 78.6 cm³/mol. The van der Waals surface area contributed by atoms with Gasteiger partial charge in [0.05, 0.1) is 17.8 Å². The van der Waals surface area contributed by atoms with Gasteiger partial charge < -0.3 is 10.0 Å². The molecule has 4 nitrogen and oxygen atoms in total. The van der Waals surface area contributed by atoms with Crippen molar-refractivity contribution in [2.45, 2.75) is 37.8 Å². The largest absolute Gasteiger partial charge is 0.392 e. The zero-order valence-corrected chi connectivity index (χ0v) is 12.0. The van der Waals surface area contributed by atoms with Crippen LogP contribution in [0.2, 0.25) is 0 Å². The van der Waals surface area contributed by atoms with Crippen LogP contribution in [0.15, 0.2) is 24.3 Å². The molecule has 114 valence electrons. The van der Waals surface area contributed by atoms with E-state index in [0.29, 0.717) is 18.8 Å². The second kappa shape index (κ2) is 6.12. The van der Waals surface area contributed by atoms with E-state index in [1.54, 1.807) is 23.1 Å². The van der Waals surface area contributed by atoms with Gasteiger partial charge in [0.2, 0.25) is 5.91 Å². The molecule has 2 heterocycles. The van der Waals surface area contributed by atoms with E-state index >= 15 is 0 Å². The highest BCUT2D eigenvalue weighted by Crippen LogP contribution is 2.27. The summed E-state index contributed by atoms with van der Waals surface area (Å²) in [5.74, 6) is -0.398. The molecule has 0 aliphatic carbocycles. The molecule has 3 rings (SSSR count). The number of halogens is 1. The first kappa shape index (κ1) is 14.5. The number of nitrogens with zero attached hydrogens (tertiary/aromatic N) is 2. The van der Waals surface area contributed by atoms with E-state index in [9.17, 15) is 14.3 Å². The van der Waals surface area contributed by atoms with Crippen LogP contribution in [-0.4, -0.2) is 47.7 Å². The molecule has 2 aliphatic rings. The normalized spacial score (nSPS) is 27.9. The Balaban J connectivity index is 1.79. The van der Waals surface area contributed by atoms with Crippen molar-refractivity contribution in [3.8, 4) is 0 Å². The number of rotatable bonds is 2. The Morgan fingerprint density at radius 2 is 1.90 bits per heavy atom. The average molecular weight is 292 g/mol. The maximum atomic E-state index is 13.9. The minimum atomic E-state index is -0.356. The van der Waals surface area contributed by atoms with Gasteiger partial charge in [-0.3, -0.25) is 9.69 Å². The molecule has 2 saturated heterocycles. The van der Waals surface area contributed by atoms with Crippen molar-refractivity contribution in [1.82, 2.24) is 4.90 Å². The van der Waals surface area contributed by atoms with Crippen LogP contribution in [0.1, 0.15) is 25.7 Å². The molecule has 1 aromatic carbocycles. The van der Waals surface area contributed by atoms with Crippen LogP contribution in [0, 0.1) is 5.82 Å². The lowest BCUT2D eigenvalue weighted by molar-refractivity contribution is -0.126. The number of para-hydroxylation sites is 1. The van der Waals surface area contributed by atoms with Gasteiger partial charge >= 0.3 is 0 Å². The van der Waals surface area contributed by atoms with Gasteiger partial charge in [0.15, 0.2) is 0 Å². The predicted octanol–water partition coefficient (Wildman–Crippen LogP) is 1.78. The Labute approximate surface area is 124 Å². The molecule has 2 aliphatic heterocycles. The number of anilines is 1. The van der Waals surface area contributed by atoms with Gasteiger partial charge in [0.1, 0.15) is 5.82 Å². The Bertz CT molecular complexity index is 523. The Hall–Kier alpha value is -1.46. The molecular formula is C16H21FN2O2. The van der Waals surface area contributed by atoms with Gasteiger partial charge in [-0.2, -0.15) is 0 Å². The SMILES string of the molecule is O=C1C(N2CCCC(O)C2)CCCN1c1ccccc1F. The summed E-state index contributed by atoms with van der Waals surface area (Å²) in [7, 11) is 0. The number of likely N-dealkylation sites (tertiary alicyclic amines) is 1. The first-order chi connectivity index (χ1) is 10.2. The fourth-order valence-electron chi connectivity index (χ4n) is 3.37. The molecule has 1 N–H and O–H groups in total. The lowest BCUT2D eigenvalue weighted by Crippen LogP contribution is -2.55. The van der Waals surface area contributed by atoms with E-state index in [0.717, 1.165) is 32.2 Å². The zero-order valence-electron chi connectivity index (χ0n) is 12.0. The van der Waals surface area contributed by atoms with E-state index < -0.39 is 0 Å². The number of β-amino-alcohol motifs (C(OH)–C–C–N with tert-alkyl or cyclic N) is 1. The van der Waals surface area contributed by atoms with Crippen molar-refractivity contribution >= 4 is 11.6 Å². The van der Waals surface area contributed by atoms with Crippen LogP contribution in [0.25, 0.3) is 0 Å². The van der Waals surface area contributed by atoms with Crippen molar-refractivity contribution in [3.63, 3.8) is 0 Å². The fraction of sp³-hybridized carbons (Fsp3) is 0.562. The molecule has 2 unspecified atom stereocenters. The minimum absolute atomic E-state index is 0.0412. The van der Waals surface area contributed by atoms with Crippen LogP contribution in [-0.2, 0) is 4.79 Å². The highest BCUT2D eigenvalue weighted by molar-refractivity contribution is 5.98. The summed E-state index contributed by atoms with van der Waals surface area (Å²) in [4.78, 5) is 16.3. The van der Waals surface area contributed by atoms with E-state index in [2.05, 4.69) is 4.90 Å². The Kier molecular flexibility index (Phi) is 4.22.